The third-order valence-corrected chi connectivity index (χ3v) is 4.31. The maximum Gasteiger partial charge on any atom is 0.272 e. The first-order valence-corrected chi connectivity index (χ1v) is 9.32. The summed E-state index contributed by atoms with van der Waals surface area (Å²) in [6.07, 6.45) is 0.928. The van der Waals surface area contributed by atoms with Crippen molar-refractivity contribution in [2.75, 3.05) is 31.5 Å². The van der Waals surface area contributed by atoms with Crippen molar-refractivity contribution in [3.05, 3.63) is 41.7 Å². The molecule has 2 amide bonds. The summed E-state index contributed by atoms with van der Waals surface area (Å²) in [6, 6.07) is 9.18. The summed E-state index contributed by atoms with van der Waals surface area (Å²) in [4.78, 5) is 35.7. The summed E-state index contributed by atoms with van der Waals surface area (Å²) < 4.78 is 5.64. The molecule has 3 rings (SSSR count). The van der Waals surface area contributed by atoms with Gasteiger partial charge in [-0.25, -0.2) is 9.97 Å². The third kappa shape index (κ3) is 4.97. The lowest BCUT2D eigenvalue weighted by atomic mass is 10.2. The molecule has 1 aliphatic heterocycles. The molecule has 0 aliphatic carbocycles. The van der Waals surface area contributed by atoms with Gasteiger partial charge < -0.3 is 19.9 Å². The number of hydrogen-bond donors (Lipinski definition) is 1. The quantitative estimate of drug-likeness (QED) is 0.770. The standard InChI is InChI=1S/C20H25N5O3/c1-14(2)28-17-6-4-16(5-7-17)22-20-21-15(3)12-18(23-20)19(27)25-10-8-24(13-26)9-11-25/h4-7,12-14H,8-11H2,1-3H3,(H,21,22,23). The zero-order valence-corrected chi connectivity index (χ0v) is 16.4. The minimum Gasteiger partial charge on any atom is -0.491 e. The van der Waals surface area contributed by atoms with Crippen molar-refractivity contribution in [2.24, 2.45) is 0 Å². The summed E-state index contributed by atoms with van der Waals surface area (Å²) in [7, 11) is 0. The number of aromatic nitrogens is 2. The van der Waals surface area contributed by atoms with Crippen LogP contribution in [-0.2, 0) is 4.79 Å². The van der Waals surface area contributed by atoms with Gasteiger partial charge in [0.25, 0.3) is 5.91 Å². The summed E-state index contributed by atoms with van der Waals surface area (Å²) >= 11 is 0. The molecule has 1 fully saturated rings. The Labute approximate surface area is 164 Å². The third-order valence-electron chi connectivity index (χ3n) is 4.31. The molecule has 2 aromatic rings. The van der Waals surface area contributed by atoms with E-state index in [1.165, 1.54) is 0 Å². The number of hydrogen-bond acceptors (Lipinski definition) is 6. The predicted octanol–water partition coefficient (Wildman–Crippen LogP) is 2.23. The Morgan fingerprint density at radius 2 is 1.82 bits per heavy atom. The van der Waals surface area contributed by atoms with Crippen LogP contribution in [0.4, 0.5) is 11.6 Å². The molecule has 0 spiro atoms. The minimum atomic E-state index is -0.153. The molecule has 0 radical (unpaired) electrons. The van der Waals surface area contributed by atoms with Gasteiger partial charge in [-0.1, -0.05) is 0 Å². The van der Waals surface area contributed by atoms with Crippen LogP contribution >= 0.6 is 0 Å². The molecule has 0 unspecified atom stereocenters. The smallest absolute Gasteiger partial charge is 0.272 e. The lowest BCUT2D eigenvalue weighted by Gasteiger charge is -2.32. The Bertz CT molecular complexity index is 830. The van der Waals surface area contributed by atoms with E-state index >= 15 is 0 Å². The summed E-state index contributed by atoms with van der Waals surface area (Å²) in [5, 5.41) is 3.14. The van der Waals surface area contributed by atoms with E-state index in [1.807, 2.05) is 45.0 Å². The molecule has 8 heteroatoms. The van der Waals surface area contributed by atoms with Crippen molar-refractivity contribution in [1.82, 2.24) is 19.8 Å². The molecule has 1 saturated heterocycles. The first kappa shape index (κ1) is 19.6. The number of nitrogens with zero attached hydrogens (tertiary/aromatic N) is 4. The van der Waals surface area contributed by atoms with E-state index in [4.69, 9.17) is 4.74 Å². The molecule has 8 nitrogen and oxygen atoms in total. The normalized spacial score (nSPS) is 14.1. The molecule has 1 aliphatic rings. The van der Waals surface area contributed by atoms with Crippen LogP contribution < -0.4 is 10.1 Å². The van der Waals surface area contributed by atoms with Crippen molar-refractivity contribution >= 4 is 24.0 Å². The molecule has 28 heavy (non-hydrogen) atoms. The van der Waals surface area contributed by atoms with Crippen molar-refractivity contribution in [3.8, 4) is 5.75 Å². The number of amides is 2. The largest absolute Gasteiger partial charge is 0.491 e. The summed E-state index contributed by atoms with van der Waals surface area (Å²) in [5.74, 6) is 1.00. The number of rotatable bonds is 6. The lowest BCUT2D eigenvalue weighted by molar-refractivity contribution is -0.119. The molecule has 0 bridgehead atoms. The van der Waals surface area contributed by atoms with Gasteiger partial charge in [-0.05, 0) is 51.1 Å². The van der Waals surface area contributed by atoms with Gasteiger partial charge in [0.05, 0.1) is 6.10 Å². The van der Waals surface area contributed by atoms with Crippen molar-refractivity contribution in [2.45, 2.75) is 26.9 Å². The molecule has 1 aromatic carbocycles. The Kier molecular flexibility index (Phi) is 6.08. The topological polar surface area (TPSA) is 87.7 Å². The number of nitrogens with one attached hydrogen (secondary N) is 1. The van der Waals surface area contributed by atoms with E-state index in [9.17, 15) is 9.59 Å². The van der Waals surface area contributed by atoms with Crippen LogP contribution in [0.15, 0.2) is 30.3 Å². The zero-order chi connectivity index (χ0) is 20.1. The molecule has 0 saturated carbocycles. The van der Waals surface area contributed by atoms with Crippen molar-refractivity contribution in [1.29, 1.82) is 0 Å². The van der Waals surface area contributed by atoms with Gasteiger partial charge >= 0.3 is 0 Å². The molecular formula is C20H25N5O3. The SMILES string of the molecule is Cc1cc(C(=O)N2CCN(C=O)CC2)nc(Nc2ccc(OC(C)C)cc2)n1. The van der Waals surface area contributed by atoms with E-state index in [-0.39, 0.29) is 12.0 Å². The van der Waals surface area contributed by atoms with E-state index < -0.39 is 0 Å². The second kappa shape index (κ2) is 8.69. The first-order valence-electron chi connectivity index (χ1n) is 9.32. The van der Waals surface area contributed by atoms with Gasteiger partial charge in [-0.2, -0.15) is 0 Å². The van der Waals surface area contributed by atoms with Crippen LogP contribution in [0, 0.1) is 6.92 Å². The Balaban J connectivity index is 1.71. The number of carbonyl (C=O) groups excluding carboxylic acids is 2. The highest BCUT2D eigenvalue weighted by atomic mass is 16.5. The van der Waals surface area contributed by atoms with Gasteiger partial charge in [-0.3, -0.25) is 9.59 Å². The summed E-state index contributed by atoms with van der Waals surface area (Å²) in [5.41, 5.74) is 1.85. The minimum absolute atomic E-state index is 0.112. The van der Waals surface area contributed by atoms with Crippen molar-refractivity contribution in [3.63, 3.8) is 0 Å². The maximum absolute atomic E-state index is 12.8. The number of piperazine rings is 1. The average molecular weight is 383 g/mol. The van der Waals surface area contributed by atoms with Crippen LogP contribution in [0.5, 0.6) is 5.75 Å². The van der Waals surface area contributed by atoms with Crippen LogP contribution in [0.3, 0.4) is 0 Å². The van der Waals surface area contributed by atoms with E-state index in [0.29, 0.717) is 43.5 Å². The molecular weight excluding hydrogens is 358 g/mol. The lowest BCUT2D eigenvalue weighted by Crippen LogP contribution is -2.48. The number of anilines is 2. The highest BCUT2D eigenvalue weighted by Crippen LogP contribution is 2.20. The molecule has 2 heterocycles. The molecule has 1 aromatic heterocycles. The van der Waals surface area contributed by atoms with Gasteiger partial charge in [0.1, 0.15) is 11.4 Å². The van der Waals surface area contributed by atoms with Gasteiger partial charge in [0.15, 0.2) is 0 Å². The van der Waals surface area contributed by atoms with Crippen LogP contribution in [0.2, 0.25) is 0 Å². The Hall–Kier alpha value is -3.16. The van der Waals surface area contributed by atoms with E-state index in [0.717, 1.165) is 17.8 Å². The fraction of sp³-hybridized carbons (Fsp3) is 0.400. The fourth-order valence-electron chi connectivity index (χ4n) is 2.94. The monoisotopic (exact) mass is 383 g/mol. The predicted molar refractivity (Wildman–Crippen MR) is 106 cm³/mol. The molecule has 0 atom stereocenters. The number of aryl methyl sites for hydroxylation is 1. The average Bonchev–Trinajstić information content (AvgIpc) is 2.68. The molecule has 1 N–H and O–H groups in total. The van der Waals surface area contributed by atoms with E-state index in [1.54, 1.807) is 15.9 Å². The summed E-state index contributed by atoms with van der Waals surface area (Å²) in [6.45, 7) is 7.85. The van der Waals surface area contributed by atoms with Crippen LogP contribution in [0.25, 0.3) is 0 Å². The second-order valence-electron chi connectivity index (χ2n) is 6.97. The fourth-order valence-corrected chi connectivity index (χ4v) is 2.94. The van der Waals surface area contributed by atoms with Gasteiger partial charge in [0.2, 0.25) is 12.4 Å². The van der Waals surface area contributed by atoms with Gasteiger partial charge in [-0.15, -0.1) is 0 Å². The Morgan fingerprint density at radius 3 is 2.43 bits per heavy atom. The number of benzene rings is 1. The highest BCUT2D eigenvalue weighted by Gasteiger charge is 2.23. The zero-order valence-electron chi connectivity index (χ0n) is 16.4. The highest BCUT2D eigenvalue weighted by molar-refractivity contribution is 5.93. The van der Waals surface area contributed by atoms with Crippen LogP contribution in [-0.4, -0.2) is 64.4 Å². The number of ether oxygens (including phenoxy) is 1. The molecule has 148 valence electrons. The Morgan fingerprint density at radius 1 is 1.14 bits per heavy atom. The number of carbonyl (C=O) groups is 2. The first-order chi connectivity index (χ1) is 13.4. The maximum atomic E-state index is 12.8. The second-order valence-corrected chi connectivity index (χ2v) is 6.97. The van der Waals surface area contributed by atoms with Crippen LogP contribution in [0.1, 0.15) is 30.0 Å². The van der Waals surface area contributed by atoms with E-state index in [2.05, 4.69) is 15.3 Å². The van der Waals surface area contributed by atoms with Gasteiger partial charge in [0, 0.05) is 37.6 Å². The van der Waals surface area contributed by atoms with Crippen molar-refractivity contribution < 1.29 is 14.3 Å².